The molecule has 0 atom stereocenters. The molecule has 2 aromatic carbocycles. The number of hydrazone groups is 1. The summed E-state index contributed by atoms with van der Waals surface area (Å²) in [6, 6.07) is 11.1. The van der Waals surface area contributed by atoms with Gasteiger partial charge in [0, 0.05) is 18.8 Å². The zero-order valence-corrected chi connectivity index (χ0v) is 19.2. The summed E-state index contributed by atoms with van der Waals surface area (Å²) in [5.41, 5.74) is 6.44. The lowest BCUT2D eigenvalue weighted by atomic mass is 10.1. The molecule has 0 spiro atoms. The largest absolute Gasteiger partial charge is 0.493 e. The van der Waals surface area contributed by atoms with Crippen molar-refractivity contribution in [2.45, 2.75) is 13.8 Å². The van der Waals surface area contributed by atoms with Gasteiger partial charge in [0.05, 0.1) is 33.1 Å². The predicted octanol–water partition coefficient (Wildman–Crippen LogP) is 2.11. The summed E-state index contributed by atoms with van der Waals surface area (Å²) in [6.45, 7) is 6.32. The van der Waals surface area contributed by atoms with E-state index in [1.165, 1.54) is 18.9 Å². The number of amides is 2. The maximum Gasteiger partial charge on any atom is 0.260 e. The second-order valence-electron chi connectivity index (χ2n) is 7.64. The number of nitrogens with zero attached hydrogens (tertiary/aromatic N) is 2. The predicted molar refractivity (Wildman–Crippen MR) is 126 cm³/mol. The van der Waals surface area contributed by atoms with Crippen LogP contribution in [-0.4, -0.2) is 69.5 Å². The highest BCUT2D eigenvalue weighted by Crippen LogP contribution is 2.27. The number of carbonyl (C=O) groups excluding carboxylic acids is 2. The molecule has 0 bridgehead atoms. The van der Waals surface area contributed by atoms with Gasteiger partial charge < -0.3 is 24.4 Å². The van der Waals surface area contributed by atoms with Crippen molar-refractivity contribution >= 4 is 23.7 Å². The third-order valence-corrected chi connectivity index (χ3v) is 5.27. The molecule has 1 fully saturated rings. The van der Waals surface area contributed by atoms with Crippen LogP contribution in [0, 0.1) is 13.8 Å². The number of aryl methyl sites for hydroxylation is 2. The maximum absolute atomic E-state index is 12.3. The number of morpholine rings is 1. The lowest BCUT2D eigenvalue weighted by Gasteiger charge is -2.26. The van der Waals surface area contributed by atoms with E-state index in [1.54, 1.807) is 23.1 Å². The summed E-state index contributed by atoms with van der Waals surface area (Å²) in [5, 5.41) is 7.07. The van der Waals surface area contributed by atoms with Gasteiger partial charge in [-0.1, -0.05) is 6.07 Å². The van der Waals surface area contributed by atoms with E-state index in [4.69, 9.17) is 14.2 Å². The summed E-state index contributed by atoms with van der Waals surface area (Å²) in [7, 11) is 1.52. The first kappa shape index (κ1) is 24.1. The number of ether oxygens (including phenoxy) is 3. The number of hydrogen-bond acceptors (Lipinski definition) is 7. The van der Waals surface area contributed by atoms with Crippen LogP contribution >= 0.6 is 0 Å². The van der Waals surface area contributed by atoms with Gasteiger partial charge >= 0.3 is 0 Å². The number of methoxy groups -OCH3 is 1. The molecule has 33 heavy (non-hydrogen) atoms. The molecule has 9 heteroatoms. The zero-order valence-electron chi connectivity index (χ0n) is 19.2. The Bertz CT molecular complexity index is 1000. The Morgan fingerprint density at radius 3 is 2.61 bits per heavy atom. The van der Waals surface area contributed by atoms with Gasteiger partial charge in [0.25, 0.3) is 11.8 Å². The van der Waals surface area contributed by atoms with Crippen molar-refractivity contribution in [1.82, 2.24) is 10.3 Å². The number of nitrogens with one attached hydrogen (secondary N) is 2. The van der Waals surface area contributed by atoms with Crippen LogP contribution < -0.4 is 20.2 Å². The molecule has 176 valence electrons. The van der Waals surface area contributed by atoms with E-state index in [0.717, 1.165) is 11.3 Å². The van der Waals surface area contributed by atoms with Crippen LogP contribution in [0.25, 0.3) is 0 Å². The summed E-state index contributed by atoms with van der Waals surface area (Å²) in [5.74, 6) is 0.565. The minimum atomic E-state index is -0.266. The smallest absolute Gasteiger partial charge is 0.260 e. The fraction of sp³-hybridized carbons (Fsp3) is 0.375. The quantitative estimate of drug-likeness (QED) is 0.445. The van der Waals surface area contributed by atoms with Crippen molar-refractivity contribution in [2.75, 3.05) is 51.9 Å². The number of benzene rings is 2. The second-order valence-corrected chi connectivity index (χ2v) is 7.64. The van der Waals surface area contributed by atoms with Gasteiger partial charge in [-0.15, -0.1) is 0 Å². The number of hydrogen-bond donors (Lipinski definition) is 2. The first-order valence-electron chi connectivity index (χ1n) is 10.8. The molecule has 1 aliphatic rings. The van der Waals surface area contributed by atoms with E-state index < -0.39 is 0 Å². The summed E-state index contributed by atoms with van der Waals surface area (Å²) < 4.78 is 16.3. The molecule has 1 saturated heterocycles. The van der Waals surface area contributed by atoms with Gasteiger partial charge in [-0.2, -0.15) is 5.10 Å². The molecular formula is C24H30N4O5. The number of carbonyl (C=O) groups is 2. The normalized spacial score (nSPS) is 13.6. The van der Waals surface area contributed by atoms with Crippen LogP contribution in [-0.2, 0) is 14.3 Å². The van der Waals surface area contributed by atoms with Crippen LogP contribution in [0.15, 0.2) is 41.5 Å². The molecule has 1 heterocycles. The topological polar surface area (TPSA) is 101 Å². The molecule has 9 nitrogen and oxygen atoms in total. The molecule has 0 saturated carbocycles. The molecule has 1 aliphatic heterocycles. The zero-order chi connectivity index (χ0) is 23.6. The molecule has 2 aromatic rings. The molecule has 0 unspecified atom stereocenters. The Labute approximate surface area is 193 Å². The van der Waals surface area contributed by atoms with Crippen LogP contribution in [0.2, 0.25) is 0 Å². The fourth-order valence-electron chi connectivity index (χ4n) is 3.18. The Kier molecular flexibility index (Phi) is 8.65. The highest BCUT2D eigenvalue weighted by molar-refractivity contribution is 5.85. The minimum absolute atomic E-state index is 0.0760. The fourth-order valence-corrected chi connectivity index (χ4v) is 3.18. The summed E-state index contributed by atoms with van der Waals surface area (Å²) in [6.07, 6.45) is 1.51. The Balaban J connectivity index is 1.48. The van der Waals surface area contributed by atoms with Crippen molar-refractivity contribution in [3.63, 3.8) is 0 Å². The minimum Gasteiger partial charge on any atom is -0.493 e. The Morgan fingerprint density at radius 1 is 1.09 bits per heavy atom. The lowest BCUT2D eigenvalue weighted by Crippen LogP contribution is -2.43. The average molecular weight is 455 g/mol. The van der Waals surface area contributed by atoms with E-state index in [0.29, 0.717) is 43.4 Å². The van der Waals surface area contributed by atoms with E-state index in [-0.39, 0.29) is 25.0 Å². The van der Waals surface area contributed by atoms with E-state index in [2.05, 4.69) is 15.8 Å². The third kappa shape index (κ3) is 7.21. The van der Waals surface area contributed by atoms with Crippen molar-refractivity contribution in [2.24, 2.45) is 5.10 Å². The molecule has 0 aliphatic carbocycles. The van der Waals surface area contributed by atoms with Crippen molar-refractivity contribution in [1.29, 1.82) is 0 Å². The molecule has 0 aromatic heterocycles. The molecule has 2 amide bonds. The maximum atomic E-state index is 12.3. The van der Waals surface area contributed by atoms with Crippen molar-refractivity contribution in [3.8, 4) is 11.5 Å². The van der Waals surface area contributed by atoms with Crippen LogP contribution in [0.3, 0.4) is 0 Å². The first-order valence-corrected chi connectivity index (χ1v) is 10.8. The average Bonchev–Trinajstić information content (AvgIpc) is 2.84. The Hall–Kier alpha value is -3.59. The highest BCUT2D eigenvalue weighted by atomic mass is 16.5. The lowest BCUT2D eigenvalue weighted by molar-refractivity contribution is -0.137. The first-order chi connectivity index (χ1) is 16.0. The Morgan fingerprint density at radius 2 is 1.88 bits per heavy atom. The number of anilines is 1. The molecule has 3 rings (SSSR count). The van der Waals surface area contributed by atoms with Gasteiger partial charge in [-0.05, 0) is 60.9 Å². The molecular weight excluding hydrogens is 424 g/mol. The third-order valence-electron chi connectivity index (χ3n) is 5.27. The second kappa shape index (κ2) is 11.9. The van der Waals surface area contributed by atoms with Crippen LogP contribution in [0.1, 0.15) is 16.7 Å². The van der Waals surface area contributed by atoms with E-state index in [1.807, 2.05) is 32.0 Å². The summed E-state index contributed by atoms with van der Waals surface area (Å²) in [4.78, 5) is 26.0. The van der Waals surface area contributed by atoms with Gasteiger partial charge in [-0.25, -0.2) is 5.43 Å². The monoisotopic (exact) mass is 454 g/mol. The highest BCUT2D eigenvalue weighted by Gasteiger charge is 2.18. The van der Waals surface area contributed by atoms with E-state index >= 15 is 0 Å². The van der Waals surface area contributed by atoms with E-state index in [9.17, 15) is 9.59 Å². The SMILES string of the molecule is COc1cc(/C=N\NC(=O)CNc2ccc(C)c(C)c2)ccc1OCC(=O)N1CCOCC1. The van der Waals surface area contributed by atoms with Gasteiger partial charge in [-0.3, -0.25) is 9.59 Å². The van der Waals surface area contributed by atoms with Gasteiger partial charge in [0.1, 0.15) is 0 Å². The van der Waals surface area contributed by atoms with Crippen LogP contribution in [0.4, 0.5) is 5.69 Å². The van der Waals surface area contributed by atoms with Gasteiger partial charge in [0.2, 0.25) is 0 Å². The summed E-state index contributed by atoms with van der Waals surface area (Å²) >= 11 is 0. The number of rotatable bonds is 9. The standard InChI is InChI=1S/C24H30N4O5/c1-17-4-6-20(12-18(17)2)25-15-23(29)27-26-14-19-5-7-21(22(13-19)31-3)33-16-24(30)28-8-10-32-11-9-28/h4-7,12-14,25H,8-11,15-16H2,1-3H3,(H,27,29)/b26-14-. The molecule has 2 N–H and O–H groups in total. The molecule has 0 radical (unpaired) electrons. The van der Waals surface area contributed by atoms with Crippen LogP contribution in [0.5, 0.6) is 11.5 Å². The van der Waals surface area contributed by atoms with Gasteiger partial charge in [0.15, 0.2) is 18.1 Å². The van der Waals surface area contributed by atoms with Crippen molar-refractivity contribution < 1.29 is 23.8 Å². The van der Waals surface area contributed by atoms with Crippen molar-refractivity contribution in [3.05, 3.63) is 53.1 Å².